The molecule has 0 radical (unpaired) electrons. The van der Waals surface area contributed by atoms with Gasteiger partial charge in [-0.25, -0.2) is 0 Å². The summed E-state index contributed by atoms with van der Waals surface area (Å²) in [6.45, 7) is 8.80. The second kappa shape index (κ2) is 12.6. The molecule has 1 saturated heterocycles. The number of hydrogen-bond acceptors (Lipinski definition) is 7. The monoisotopic (exact) mass is 441 g/mol. The Labute approximate surface area is 191 Å². The Morgan fingerprint density at radius 2 is 2.06 bits per heavy atom. The summed E-state index contributed by atoms with van der Waals surface area (Å²) in [5.74, 6) is 3.22. The summed E-state index contributed by atoms with van der Waals surface area (Å²) in [4.78, 5) is 4.39. The highest BCUT2D eigenvalue weighted by atomic mass is 16.5. The van der Waals surface area contributed by atoms with Gasteiger partial charge in [0.1, 0.15) is 12.3 Å². The van der Waals surface area contributed by atoms with E-state index in [2.05, 4.69) is 34.7 Å². The molecule has 7 nitrogen and oxygen atoms in total. The first kappa shape index (κ1) is 24.3. The number of terminal acetylenes is 1. The van der Waals surface area contributed by atoms with Crippen molar-refractivity contribution < 1.29 is 19.1 Å². The molecule has 1 fully saturated rings. The minimum absolute atomic E-state index is 0.158. The van der Waals surface area contributed by atoms with Gasteiger partial charge in [0.15, 0.2) is 0 Å². The second-order valence-electron chi connectivity index (χ2n) is 8.06. The number of benzene rings is 1. The van der Waals surface area contributed by atoms with E-state index in [1.165, 1.54) is 0 Å². The van der Waals surface area contributed by atoms with Crippen LogP contribution in [0.4, 0.5) is 5.88 Å². The third kappa shape index (κ3) is 6.57. The number of anilines is 1. The number of nitrogens with zero attached hydrogens (tertiary/aromatic N) is 3. The molecule has 0 spiro atoms. The van der Waals surface area contributed by atoms with Crippen molar-refractivity contribution >= 4 is 5.88 Å². The van der Waals surface area contributed by atoms with Crippen LogP contribution in [0.2, 0.25) is 0 Å². The largest absolute Gasteiger partial charge is 0.389 e. The highest BCUT2D eigenvalue weighted by Crippen LogP contribution is 2.32. The van der Waals surface area contributed by atoms with Gasteiger partial charge < -0.3 is 24.0 Å². The third-order valence-corrected chi connectivity index (χ3v) is 5.70. The van der Waals surface area contributed by atoms with Crippen LogP contribution in [-0.4, -0.2) is 73.4 Å². The van der Waals surface area contributed by atoms with Gasteiger partial charge in [-0.1, -0.05) is 41.4 Å². The van der Waals surface area contributed by atoms with Crippen LogP contribution in [0.15, 0.2) is 34.9 Å². The quantitative estimate of drug-likeness (QED) is 0.378. The Morgan fingerprint density at radius 1 is 1.28 bits per heavy atom. The van der Waals surface area contributed by atoms with Gasteiger partial charge in [0.2, 0.25) is 5.88 Å². The van der Waals surface area contributed by atoms with Gasteiger partial charge in [-0.3, -0.25) is 4.90 Å². The van der Waals surface area contributed by atoms with Crippen molar-refractivity contribution in [3.05, 3.63) is 35.9 Å². The van der Waals surface area contributed by atoms with Crippen LogP contribution in [0.1, 0.15) is 32.3 Å². The SMILES string of the molecule is C#CCOC[C@H](O)CN(Cc1c(-c2ccccc2)noc1N(CC)CC)C[C@@H]1CCCO1. The zero-order valence-electron chi connectivity index (χ0n) is 19.2. The Morgan fingerprint density at radius 3 is 2.72 bits per heavy atom. The summed E-state index contributed by atoms with van der Waals surface area (Å²) in [7, 11) is 0. The summed E-state index contributed by atoms with van der Waals surface area (Å²) >= 11 is 0. The molecule has 1 aliphatic rings. The number of aliphatic hydroxyl groups excluding tert-OH is 1. The lowest BCUT2D eigenvalue weighted by Crippen LogP contribution is -2.39. The minimum Gasteiger partial charge on any atom is -0.389 e. The summed E-state index contributed by atoms with van der Waals surface area (Å²) in [6.07, 6.45) is 6.85. The van der Waals surface area contributed by atoms with Crippen molar-refractivity contribution in [2.75, 3.05) is 50.9 Å². The van der Waals surface area contributed by atoms with E-state index < -0.39 is 6.10 Å². The number of ether oxygens (including phenoxy) is 2. The Bertz CT molecular complexity index is 839. The standard InChI is InChI=1S/C25H35N3O4/c1-4-14-30-19-21(29)16-27(17-22-13-10-15-31-22)18-23-24(20-11-8-7-9-12-20)26-32-25(23)28(5-2)6-3/h1,7-9,11-12,21-22,29H,5-6,10,13-19H2,2-3H3/t21-,22+/m1/s1. The average molecular weight is 442 g/mol. The fourth-order valence-electron chi connectivity index (χ4n) is 4.13. The highest BCUT2D eigenvalue weighted by molar-refractivity contribution is 5.68. The lowest BCUT2D eigenvalue weighted by atomic mass is 10.1. The maximum absolute atomic E-state index is 10.6. The predicted molar refractivity (Wildman–Crippen MR) is 125 cm³/mol. The lowest BCUT2D eigenvalue weighted by molar-refractivity contribution is 0.00958. The summed E-state index contributed by atoms with van der Waals surface area (Å²) < 4.78 is 17.1. The molecule has 2 atom stereocenters. The van der Waals surface area contributed by atoms with E-state index in [9.17, 15) is 5.11 Å². The molecule has 0 amide bonds. The highest BCUT2D eigenvalue weighted by Gasteiger charge is 2.27. The predicted octanol–water partition coefficient (Wildman–Crippen LogP) is 3.18. The second-order valence-corrected chi connectivity index (χ2v) is 8.06. The molecule has 3 rings (SSSR count). The van der Waals surface area contributed by atoms with Crippen LogP contribution in [-0.2, 0) is 16.0 Å². The summed E-state index contributed by atoms with van der Waals surface area (Å²) in [5, 5.41) is 15.0. The Balaban J connectivity index is 1.86. The zero-order chi connectivity index (χ0) is 22.8. The molecule has 2 aromatic rings. The van der Waals surface area contributed by atoms with E-state index in [4.69, 9.17) is 20.4 Å². The number of rotatable bonds is 13. The molecule has 1 N–H and O–H groups in total. The van der Waals surface area contributed by atoms with Crippen molar-refractivity contribution in [2.24, 2.45) is 0 Å². The molecule has 2 heterocycles. The van der Waals surface area contributed by atoms with E-state index in [0.29, 0.717) is 13.1 Å². The van der Waals surface area contributed by atoms with Crippen LogP contribution in [0.5, 0.6) is 0 Å². The van der Waals surface area contributed by atoms with Crippen LogP contribution in [0.3, 0.4) is 0 Å². The van der Waals surface area contributed by atoms with Gasteiger partial charge >= 0.3 is 0 Å². The normalized spacial score (nSPS) is 16.9. The Kier molecular flexibility index (Phi) is 9.57. The van der Waals surface area contributed by atoms with E-state index >= 15 is 0 Å². The van der Waals surface area contributed by atoms with Gasteiger partial charge in [-0.05, 0) is 26.7 Å². The molecule has 1 aromatic carbocycles. The van der Waals surface area contributed by atoms with Gasteiger partial charge in [-0.2, -0.15) is 0 Å². The summed E-state index contributed by atoms with van der Waals surface area (Å²) in [5.41, 5.74) is 2.87. The first-order valence-corrected chi connectivity index (χ1v) is 11.5. The maximum Gasteiger partial charge on any atom is 0.232 e. The summed E-state index contributed by atoms with van der Waals surface area (Å²) in [6, 6.07) is 10.1. The molecule has 174 valence electrons. The maximum atomic E-state index is 10.6. The van der Waals surface area contributed by atoms with Crippen molar-refractivity contribution in [1.29, 1.82) is 0 Å². The van der Waals surface area contributed by atoms with Crippen molar-refractivity contribution in [2.45, 2.75) is 45.4 Å². The fraction of sp³-hybridized carbons (Fsp3) is 0.560. The van der Waals surface area contributed by atoms with Gasteiger partial charge in [0.25, 0.3) is 0 Å². The minimum atomic E-state index is -0.651. The van der Waals surface area contributed by atoms with E-state index in [-0.39, 0.29) is 19.3 Å². The molecule has 0 bridgehead atoms. The Hall–Kier alpha value is -2.37. The van der Waals surface area contributed by atoms with Gasteiger partial charge in [0.05, 0.1) is 24.4 Å². The van der Waals surface area contributed by atoms with Crippen molar-refractivity contribution in [3.63, 3.8) is 0 Å². The molecule has 0 unspecified atom stereocenters. The number of aliphatic hydroxyl groups is 1. The topological polar surface area (TPSA) is 71.2 Å². The first-order chi connectivity index (χ1) is 15.7. The molecule has 0 saturated carbocycles. The van der Waals surface area contributed by atoms with E-state index in [0.717, 1.165) is 61.8 Å². The molecular formula is C25H35N3O4. The molecule has 1 aliphatic heterocycles. The molecule has 7 heteroatoms. The van der Waals surface area contributed by atoms with Gasteiger partial charge in [0, 0.05) is 44.9 Å². The van der Waals surface area contributed by atoms with Crippen molar-refractivity contribution in [3.8, 4) is 23.6 Å². The van der Waals surface area contributed by atoms with Crippen LogP contribution < -0.4 is 4.90 Å². The van der Waals surface area contributed by atoms with E-state index in [1.807, 2.05) is 30.3 Å². The molecule has 32 heavy (non-hydrogen) atoms. The average Bonchev–Trinajstić information content (AvgIpc) is 3.46. The van der Waals surface area contributed by atoms with Crippen LogP contribution >= 0.6 is 0 Å². The fourth-order valence-corrected chi connectivity index (χ4v) is 4.13. The van der Waals surface area contributed by atoms with Gasteiger partial charge in [-0.15, -0.1) is 6.42 Å². The molecule has 0 aliphatic carbocycles. The zero-order valence-corrected chi connectivity index (χ0v) is 19.2. The molecule has 1 aromatic heterocycles. The number of aromatic nitrogens is 1. The first-order valence-electron chi connectivity index (χ1n) is 11.5. The lowest BCUT2D eigenvalue weighted by Gasteiger charge is -2.28. The van der Waals surface area contributed by atoms with Crippen LogP contribution in [0.25, 0.3) is 11.3 Å². The smallest absolute Gasteiger partial charge is 0.232 e. The molecular weight excluding hydrogens is 406 g/mol. The van der Waals surface area contributed by atoms with Crippen LogP contribution in [0, 0.1) is 12.3 Å². The third-order valence-electron chi connectivity index (χ3n) is 5.70. The number of hydrogen-bond donors (Lipinski definition) is 1. The van der Waals surface area contributed by atoms with E-state index in [1.54, 1.807) is 0 Å². The van der Waals surface area contributed by atoms with Crippen molar-refractivity contribution in [1.82, 2.24) is 10.1 Å².